The number of hydrogen-bond acceptors (Lipinski definition) is 1. The molecule has 10 aromatic carbocycles. The highest BCUT2D eigenvalue weighted by molar-refractivity contribution is 6.24. The highest BCUT2D eigenvalue weighted by Crippen LogP contribution is 2.46. The van der Waals surface area contributed by atoms with Crippen molar-refractivity contribution in [1.82, 2.24) is 0 Å². The first-order valence-corrected chi connectivity index (χ1v) is 17.6. The van der Waals surface area contributed by atoms with E-state index >= 15 is 0 Å². The van der Waals surface area contributed by atoms with Crippen molar-refractivity contribution in [3.05, 3.63) is 182 Å². The molecule has 51 heavy (non-hydrogen) atoms. The predicted molar refractivity (Wildman–Crippen MR) is 218 cm³/mol. The summed E-state index contributed by atoms with van der Waals surface area (Å²) in [6.45, 7) is 0. The Labute approximate surface area is 294 Å². The predicted octanol–water partition coefficient (Wildman–Crippen LogP) is 14.4. The zero-order chi connectivity index (χ0) is 33.5. The lowest BCUT2D eigenvalue weighted by Gasteiger charge is -2.19. The summed E-state index contributed by atoms with van der Waals surface area (Å²) >= 11 is 0. The van der Waals surface area contributed by atoms with Gasteiger partial charge in [-0.25, -0.2) is 0 Å². The fraction of sp³-hybridized carbons (Fsp3) is 0. The van der Waals surface area contributed by atoms with Crippen molar-refractivity contribution in [1.29, 1.82) is 0 Å². The van der Waals surface area contributed by atoms with Gasteiger partial charge in [0, 0.05) is 10.8 Å². The molecule has 0 saturated carbocycles. The maximum atomic E-state index is 6.52. The molecular formula is C50H30O. The fourth-order valence-corrected chi connectivity index (χ4v) is 8.50. The van der Waals surface area contributed by atoms with Crippen LogP contribution in [-0.2, 0) is 0 Å². The first kappa shape index (κ1) is 28.2. The molecule has 1 aromatic heterocycles. The van der Waals surface area contributed by atoms with Gasteiger partial charge < -0.3 is 4.42 Å². The van der Waals surface area contributed by atoms with E-state index in [-0.39, 0.29) is 0 Å². The second-order valence-corrected chi connectivity index (χ2v) is 13.6. The Hall–Kier alpha value is -6.70. The quantitative estimate of drug-likeness (QED) is 0.174. The van der Waals surface area contributed by atoms with E-state index in [0.29, 0.717) is 0 Å². The minimum absolute atomic E-state index is 0.914. The van der Waals surface area contributed by atoms with Gasteiger partial charge in [0.25, 0.3) is 0 Å². The van der Waals surface area contributed by atoms with Crippen molar-refractivity contribution < 1.29 is 4.42 Å². The molecule has 0 unspecified atom stereocenters. The van der Waals surface area contributed by atoms with E-state index in [2.05, 4.69) is 182 Å². The zero-order valence-corrected chi connectivity index (χ0v) is 27.7. The summed E-state index contributed by atoms with van der Waals surface area (Å²) in [5, 5.41) is 14.7. The summed E-state index contributed by atoms with van der Waals surface area (Å²) in [5.74, 6) is 0. The minimum atomic E-state index is 0.914. The summed E-state index contributed by atoms with van der Waals surface area (Å²) < 4.78 is 6.52. The maximum absolute atomic E-state index is 6.52. The molecule has 0 bridgehead atoms. The molecule has 1 heteroatoms. The number of furan rings is 1. The largest absolute Gasteiger partial charge is 0.456 e. The smallest absolute Gasteiger partial charge is 0.136 e. The lowest BCUT2D eigenvalue weighted by Crippen LogP contribution is -1.92. The molecule has 0 aliphatic carbocycles. The summed E-state index contributed by atoms with van der Waals surface area (Å²) in [6, 6.07) is 66.4. The van der Waals surface area contributed by atoms with E-state index in [1.165, 1.54) is 87.2 Å². The summed E-state index contributed by atoms with van der Waals surface area (Å²) in [4.78, 5) is 0. The van der Waals surface area contributed by atoms with Crippen LogP contribution in [0.5, 0.6) is 0 Å². The van der Waals surface area contributed by atoms with Gasteiger partial charge in [-0.1, -0.05) is 152 Å². The van der Waals surface area contributed by atoms with Gasteiger partial charge in [0.2, 0.25) is 0 Å². The van der Waals surface area contributed by atoms with Gasteiger partial charge in [0.15, 0.2) is 0 Å². The average Bonchev–Trinajstić information content (AvgIpc) is 3.53. The molecule has 11 aromatic rings. The second-order valence-electron chi connectivity index (χ2n) is 13.6. The third kappa shape index (κ3) is 4.28. The zero-order valence-electron chi connectivity index (χ0n) is 27.7. The molecule has 0 aliphatic rings. The van der Waals surface area contributed by atoms with Gasteiger partial charge in [-0.3, -0.25) is 0 Å². The van der Waals surface area contributed by atoms with E-state index in [9.17, 15) is 0 Å². The van der Waals surface area contributed by atoms with E-state index in [4.69, 9.17) is 4.42 Å². The molecule has 0 N–H and O–H groups in total. The van der Waals surface area contributed by atoms with Gasteiger partial charge in [0.1, 0.15) is 11.2 Å². The molecule has 1 heterocycles. The van der Waals surface area contributed by atoms with Crippen LogP contribution in [0.25, 0.3) is 109 Å². The van der Waals surface area contributed by atoms with Crippen LogP contribution in [0.15, 0.2) is 186 Å². The Kier molecular flexibility index (Phi) is 6.02. The van der Waals surface area contributed by atoms with Crippen LogP contribution in [0.1, 0.15) is 0 Å². The Morgan fingerprint density at radius 3 is 1.47 bits per heavy atom. The third-order valence-electron chi connectivity index (χ3n) is 10.8. The number of fused-ring (bicyclic) bond motifs is 8. The topological polar surface area (TPSA) is 13.1 Å². The maximum Gasteiger partial charge on any atom is 0.136 e. The molecule has 0 fully saturated rings. The molecule has 1 nitrogen and oxygen atoms in total. The van der Waals surface area contributed by atoms with Gasteiger partial charge in [0.05, 0.1) is 0 Å². The Morgan fingerprint density at radius 2 is 0.745 bits per heavy atom. The Balaban J connectivity index is 1.13. The van der Waals surface area contributed by atoms with Crippen LogP contribution in [0, 0.1) is 0 Å². The molecule has 0 spiro atoms. The molecule has 0 aliphatic heterocycles. The number of benzene rings is 10. The van der Waals surface area contributed by atoms with Crippen molar-refractivity contribution in [2.75, 3.05) is 0 Å². The van der Waals surface area contributed by atoms with Crippen LogP contribution >= 0.6 is 0 Å². The molecule has 236 valence electrons. The van der Waals surface area contributed by atoms with E-state index in [0.717, 1.165) is 21.9 Å². The third-order valence-corrected chi connectivity index (χ3v) is 10.8. The van der Waals surface area contributed by atoms with Crippen LogP contribution in [0.4, 0.5) is 0 Å². The number of rotatable bonds is 3. The highest BCUT2D eigenvalue weighted by atomic mass is 16.3. The van der Waals surface area contributed by atoms with Gasteiger partial charge in [-0.2, -0.15) is 0 Å². The van der Waals surface area contributed by atoms with Gasteiger partial charge in [-0.05, 0) is 118 Å². The van der Waals surface area contributed by atoms with E-state index in [1.807, 2.05) is 0 Å². The standard InChI is InChI=1S/C50H30O/c1-2-14-33-29-47-45(27-32(33)13-1)46-28-35-17-11-24-38(44(35)30-48(46)51-47)34-16-9-18-36(26-34)49-40-20-5-7-22-42(40)50(43-23-8-6-21-41(43)49)39-25-10-15-31-12-3-4-19-37(31)39/h1-30H. The fourth-order valence-electron chi connectivity index (χ4n) is 8.50. The molecule has 0 saturated heterocycles. The lowest BCUT2D eigenvalue weighted by atomic mass is 9.84. The highest BCUT2D eigenvalue weighted by Gasteiger charge is 2.19. The Bertz CT molecular complexity index is 3130. The van der Waals surface area contributed by atoms with Crippen molar-refractivity contribution in [3.63, 3.8) is 0 Å². The van der Waals surface area contributed by atoms with Gasteiger partial charge >= 0.3 is 0 Å². The SMILES string of the molecule is c1cc(-c2cccc3cc4c(cc23)oc2cc3ccccc3cc24)cc(-c2c3ccccc3c(-c3cccc4ccccc34)c3ccccc23)c1. The van der Waals surface area contributed by atoms with Crippen LogP contribution in [0.2, 0.25) is 0 Å². The lowest BCUT2D eigenvalue weighted by molar-refractivity contribution is 0.670. The molecule has 0 atom stereocenters. The normalized spacial score (nSPS) is 11.9. The number of hydrogen-bond donors (Lipinski definition) is 0. The summed E-state index contributed by atoms with van der Waals surface area (Å²) in [7, 11) is 0. The van der Waals surface area contributed by atoms with Crippen LogP contribution in [-0.4, -0.2) is 0 Å². The molecular weight excluding hydrogens is 617 g/mol. The average molecular weight is 647 g/mol. The summed E-state index contributed by atoms with van der Waals surface area (Å²) in [5.41, 5.74) is 9.24. The molecule has 11 rings (SSSR count). The Morgan fingerprint density at radius 1 is 0.255 bits per heavy atom. The van der Waals surface area contributed by atoms with Crippen molar-refractivity contribution in [2.45, 2.75) is 0 Å². The van der Waals surface area contributed by atoms with E-state index in [1.54, 1.807) is 0 Å². The molecule has 0 amide bonds. The van der Waals surface area contributed by atoms with Crippen LogP contribution in [0.3, 0.4) is 0 Å². The first-order valence-electron chi connectivity index (χ1n) is 17.6. The summed E-state index contributed by atoms with van der Waals surface area (Å²) in [6.07, 6.45) is 0. The second kappa shape index (κ2) is 10.9. The monoisotopic (exact) mass is 646 g/mol. The van der Waals surface area contributed by atoms with Crippen molar-refractivity contribution >= 4 is 75.8 Å². The van der Waals surface area contributed by atoms with Crippen molar-refractivity contribution in [3.8, 4) is 33.4 Å². The van der Waals surface area contributed by atoms with Crippen molar-refractivity contribution in [2.24, 2.45) is 0 Å². The minimum Gasteiger partial charge on any atom is -0.456 e. The van der Waals surface area contributed by atoms with Gasteiger partial charge in [-0.15, -0.1) is 0 Å². The molecule has 0 radical (unpaired) electrons. The first-order chi connectivity index (χ1) is 25.3. The van der Waals surface area contributed by atoms with E-state index < -0.39 is 0 Å². The van der Waals surface area contributed by atoms with Crippen LogP contribution < -0.4 is 0 Å².